The van der Waals surface area contributed by atoms with E-state index in [1.165, 1.54) is 30.5 Å². The van der Waals surface area contributed by atoms with E-state index < -0.39 is 43.2 Å². The van der Waals surface area contributed by atoms with Gasteiger partial charge in [0.05, 0.1) is 12.8 Å². The molecule has 0 aromatic heterocycles. The highest BCUT2D eigenvalue weighted by atomic mass is 16.7. The minimum atomic E-state index is -1.53. The second-order valence-electron chi connectivity index (χ2n) is 6.95. The van der Waals surface area contributed by atoms with E-state index in [0.717, 1.165) is 11.1 Å². The molecule has 1 aliphatic heterocycles. The van der Waals surface area contributed by atoms with E-state index in [4.69, 9.17) is 9.47 Å². The number of hydrogen-bond acceptors (Lipinski definition) is 8. The maximum Gasteiger partial charge on any atom is 0.271 e. The van der Waals surface area contributed by atoms with Gasteiger partial charge >= 0.3 is 0 Å². The van der Waals surface area contributed by atoms with Crippen molar-refractivity contribution in [2.24, 2.45) is 5.10 Å². The Kier molecular flexibility index (Phi) is 7.14. The van der Waals surface area contributed by atoms with Crippen LogP contribution >= 0.6 is 0 Å². The quantitative estimate of drug-likeness (QED) is 0.328. The molecule has 2 aromatic carbocycles. The van der Waals surface area contributed by atoms with Crippen molar-refractivity contribution in [3.8, 4) is 5.75 Å². The van der Waals surface area contributed by atoms with E-state index in [1.807, 2.05) is 31.2 Å². The summed E-state index contributed by atoms with van der Waals surface area (Å²) in [5, 5.41) is 42.7. The van der Waals surface area contributed by atoms with E-state index in [2.05, 4.69) is 10.5 Å². The number of benzene rings is 2. The fourth-order valence-corrected chi connectivity index (χ4v) is 2.87. The van der Waals surface area contributed by atoms with Gasteiger partial charge in [0.2, 0.25) is 6.29 Å². The van der Waals surface area contributed by atoms with Crippen molar-refractivity contribution >= 4 is 12.1 Å². The summed E-state index contributed by atoms with van der Waals surface area (Å²) in [7, 11) is 0. The van der Waals surface area contributed by atoms with Crippen molar-refractivity contribution in [2.45, 2.75) is 37.6 Å². The third kappa shape index (κ3) is 5.21. The van der Waals surface area contributed by atoms with Crippen LogP contribution in [0.3, 0.4) is 0 Å². The van der Waals surface area contributed by atoms with Crippen molar-refractivity contribution in [1.82, 2.24) is 5.43 Å². The molecule has 0 unspecified atom stereocenters. The summed E-state index contributed by atoms with van der Waals surface area (Å²) in [6.45, 7) is 1.43. The van der Waals surface area contributed by atoms with Crippen LogP contribution in [0.4, 0.5) is 0 Å². The van der Waals surface area contributed by atoms with E-state index in [9.17, 15) is 25.2 Å². The molecule has 0 aliphatic carbocycles. The van der Waals surface area contributed by atoms with Crippen molar-refractivity contribution in [1.29, 1.82) is 0 Å². The summed E-state index contributed by atoms with van der Waals surface area (Å²) in [4.78, 5) is 12.2. The molecule has 0 spiro atoms. The highest BCUT2D eigenvalue weighted by Gasteiger charge is 2.44. The number of carbonyl (C=O) groups is 1. The second kappa shape index (κ2) is 9.79. The lowest BCUT2D eigenvalue weighted by Gasteiger charge is -2.39. The van der Waals surface area contributed by atoms with Crippen molar-refractivity contribution in [3.63, 3.8) is 0 Å². The van der Waals surface area contributed by atoms with Crippen LogP contribution in [0.5, 0.6) is 5.75 Å². The Morgan fingerprint density at radius 3 is 2.37 bits per heavy atom. The van der Waals surface area contributed by atoms with Crippen molar-refractivity contribution < 1.29 is 34.7 Å². The number of ether oxygens (including phenoxy) is 2. The van der Waals surface area contributed by atoms with Gasteiger partial charge in [-0.1, -0.05) is 29.8 Å². The maximum atomic E-state index is 12.2. The Morgan fingerprint density at radius 2 is 1.73 bits per heavy atom. The van der Waals surface area contributed by atoms with Gasteiger partial charge in [0, 0.05) is 5.56 Å². The molecule has 1 amide bonds. The predicted octanol–water partition coefficient (Wildman–Crippen LogP) is -0.0624. The first kappa shape index (κ1) is 21.9. The van der Waals surface area contributed by atoms with Crippen LogP contribution in [0.1, 0.15) is 21.5 Å². The van der Waals surface area contributed by atoms with Crippen LogP contribution in [0.15, 0.2) is 53.6 Å². The van der Waals surface area contributed by atoms with Gasteiger partial charge < -0.3 is 29.9 Å². The van der Waals surface area contributed by atoms with Gasteiger partial charge in [0.1, 0.15) is 30.2 Å². The SMILES string of the molecule is Cc1ccc(/C=N/NC(=O)c2ccc(O[C@@H]3O[C@H](CO)[C@@H](O)[C@H](O)[C@H]3O)cc2)cc1. The highest BCUT2D eigenvalue weighted by molar-refractivity contribution is 5.95. The number of carbonyl (C=O) groups excluding carboxylic acids is 1. The fourth-order valence-electron chi connectivity index (χ4n) is 2.87. The third-order valence-corrected chi connectivity index (χ3v) is 4.67. The molecule has 9 heteroatoms. The number of aliphatic hydroxyl groups is 4. The summed E-state index contributed by atoms with van der Waals surface area (Å²) in [6.07, 6.45) is -5.33. The number of rotatable bonds is 6. The number of hydrogen-bond donors (Lipinski definition) is 5. The van der Waals surface area contributed by atoms with Gasteiger partial charge in [-0.25, -0.2) is 5.43 Å². The Balaban J connectivity index is 1.57. The van der Waals surface area contributed by atoms with E-state index in [-0.39, 0.29) is 5.75 Å². The van der Waals surface area contributed by atoms with Crippen LogP contribution < -0.4 is 10.2 Å². The first-order valence-electron chi connectivity index (χ1n) is 9.36. The summed E-state index contributed by atoms with van der Waals surface area (Å²) in [5.41, 5.74) is 4.74. The average molecular weight is 416 g/mol. The minimum absolute atomic E-state index is 0.263. The summed E-state index contributed by atoms with van der Waals surface area (Å²) >= 11 is 0. The van der Waals surface area contributed by atoms with Gasteiger partial charge in [-0.3, -0.25) is 4.79 Å². The molecule has 160 valence electrons. The monoisotopic (exact) mass is 416 g/mol. The standard InChI is InChI=1S/C21H24N2O7/c1-12-2-4-13(5-3-12)10-22-23-20(28)14-6-8-15(9-7-14)29-21-19(27)18(26)17(25)16(11-24)30-21/h2-10,16-19,21,24-27H,11H2,1H3,(H,23,28)/b22-10+/t16-,17-,18+,19-,21-/m1/s1. The lowest BCUT2D eigenvalue weighted by molar-refractivity contribution is -0.277. The first-order valence-corrected chi connectivity index (χ1v) is 9.36. The topological polar surface area (TPSA) is 141 Å². The van der Waals surface area contributed by atoms with Crippen molar-refractivity contribution in [2.75, 3.05) is 6.61 Å². The zero-order valence-corrected chi connectivity index (χ0v) is 16.3. The molecule has 0 saturated carbocycles. The lowest BCUT2D eigenvalue weighted by Crippen LogP contribution is -2.60. The summed E-state index contributed by atoms with van der Waals surface area (Å²) < 4.78 is 10.8. The molecule has 1 saturated heterocycles. The van der Waals surface area contributed by atoms with Crippen molar-refractivity contribution in [3.05, 3.63) is 65.2 Å². The molecule has 1 fully saturated rings. The molecular formula is C21H24N2O7. The van der Waals surface area contributed by atoms with Gasteiger partial charge in [-0.05, 0) is 36.8 Å². The molecule has 2 aromatic rings. The van der Waals surface area contributed by atoms with Crippen LogP contribution in [-0.2, 0) is 4.74 Å². The van der Waals surface area contributed by atoms with Gasteiger partial charge in [-0.2, -0.15) is 5.10 Å². The third-order valence-electron chi connectivity index (χ3n) is 4.67. The largest absolute Gasteiger partial charge is 0.462 e. The number of nitrogens with zero attached hydrogens (tertiary/aromatic N) is 1. The molecule has 1 aliphatic rings. The van der Waals surface area contributed by atoms with Crippen LogP contribution in [0.25, 0.3) is 0 Å². The minimum Gasteiger partial charge on any atom is -0.462 e. The molecule has 3 rings (SSSR count). The summed E-state index contributed by atoms with van der Waals surface area (Å²) in [6, 6.07) is 13.6. The van der Waals surface area contributed by atoms with E-state index >= 15 is 0 Å². The van der Waals surface area contributed by atoms with Gasteiger partial charge in [-0.15, -0.1) is 0 Å². The fraction of sp³-hybridized carbons (Fsp3) is 0.333. The van der Waals surface area contributed by atoms with E-state index in [1.54, 1.807) is 0 Å². The lowest BCUT2D eigenvalue weighted by atomic mass is 9.99. The second-order valence-corrected chi connectivity index (χ2v) is 6.95. The Bertz CT molecular complexity index is 868. The maximum absolute atomic E-state index is 12.2. The molecule has 0 radical (unpaired) electrons. The molecule has 9 nitrogen and oxygen atoms in total. The smallest absolute Gasteiger partial charge is 0.271 e. The molecule has 5 N–H and O–H groups in total. The van der Waals surface area contributed by atoms with Crippen LogP contribution in [-0.4, -0.2) is 69.9 Å². The summed E-state index contributed by atoms with van der Waals surface area (Å²) in [5.74, 6) is -0.156. The number of amides is 1. The molecular weight excluding hydrogens is 392 g/mol. The normalized spacial score (nSPS) is 26.5. The molecule has 5 atom stereocenters. The Labute approximate surface area is 173 Å². The van der Waals surface area contributed by atoms with Crippen LogP contribution in [0.2, 0.25) is 0 Å². The number of aliphatic hydroxyl groups excluding tert-OH is 4. The highest BCUT2D eigenvalue weighted by Crippen LogP contribution is 2.24. The number of hydrazone groups is 1. The Hall–Kier alpha value is -2.82. The number of aryl methyl sites for hydroxylation is 1. The molecule has 1 heterocycles. The van der Waals surface area contributed by atoms with Gasteiger partial charge in [0.25, 0.3) is 5.91 Å². The molecule has 0 bridgehead atoms. The first-order chi connectivity index (χ1) is 14.4. The zero-order valence-electron chi connectivity index (χ0n) is 16.3. The Morgan fingerprint density at radius 1 is 1.07 bits per heavy atom. The van der Waals surface area contributed by atoms with Crippen LogP contribution in [0, 0.1) is 6.92 Å². The zero-order chi connectivity index (χ0) is 21.7. The van der Waals surface area contributed by atoms with E-state index in [0.29, 0.717) is 5.56 Å². The number of nitrogens with one attached hydrogen (secondary N) is 1. The molecule has 30 heavy (non-hydrogen) atoms. The average Bonchev–Trinajstić information content (AvgIpc) is 2.76. The predicted molar refractivity (Wildman–Crippen MR) is 107 cm³/mol. The van der Waals surface area contributed by atoms with Gasteiger partial charge in [0.15, 0.2) is 0 Å².